The smallest absolute Gasteiger partial charge is 0.137 e. The van der Waals surface area contributed by atoms with Crippen LogP contribution >= 0.6 is 11.3 Å². The van der Waals surface area contributed by atoms with Gasteiger partial charge in [0.1, 0.15) is 11.7 Å². The zero-order chi connectivity index (χ0) is 12.5. The van der Waals surface area contributed by atoms with Gasteiger partial charge >= 0.3 is 0 Å². The van der Waals surface area contributed by atoms with Crippen molar-refractivity contribution in [1.82, 2.24) is 10.3 Å². The van der Waals surface area contributed by atoms with E-state index in [0.29, 0.717) is 6.73 Å². The van der Waals surface area contributed by atoms with Gasteiger partial charge in [-0.25, -0.2) is 4.98 Å². The van der Waals surface area contributed by atoms with E-state index >= 15 is 0 Å². The van der Waals surface area contributed by atoms with Crippen molar-refractivity contribution in [2.45, 2.75) is 6.54 Å². The van der Waals surface area contributed by atoms with Crippen molar-refractivity contribution in [1.29, 1.82) is 0 Å². The highest BCUT2D eigenvalue weighted by Gasteiger charge is 2.05. The fourth-order valence-corrected chi connectivity index (χ4v) is 2.05. The van der Waals surface area contributed by atoms with Crippen LogP contribution in [-0.2, 0) is 11.3 Å². The summed E-state index contributed by atoms with van der Waals surface area (Å²) in [6, 6.07) is 0. The topological polar surface area (TPSA) is 58.9 Å². The van der Waals surface area contributed by atoms with Crippen molar-refractivity contribution < 1.29 is 4.74 Å². The molecule has 0 amide bonds. The van der Waals surface area contributed by atoms with Crippen molar-refractivity contribution in [3.63, 3.8) is 0 Å². The molecule has 6 heteroatoms. The first-order valence-corrected chi connectivity index (χ1v) is 5.88. The Labute approximate surface area is 105 Å². The second-order valence-corrected chi connectivity index (χ2v) is 4.27. The van der Waals surface area contributed by atoms with Crippen LogP contribution in [0.5, 0.6) is 0 Å². The molecule has 1 rings (SSSR count). The van der Waals surface area contributed by atoms with Gasteiger partial charge in [0.2, 0.25) is 0 Å². The minimum absolute atomic E-state index is 0.323. The fraction of sp³-hybridized carbons (Fsp3) is 0.364. The van der Waals surface area contributed by atoms with Crippen LogP contribution in [0.2, 0.25) is 0 Å². The van der Waals surface area contributed by atoms with Crippen LogP contribution in [0.1, 0.15) is 9.88 Å². The summed E-state index contributed by atoms with van der Waals surface area (Å²) in [4.78, 5) is 13.3. The number of thiazole rings is 1. The van der Waals surface area contributed by atoms with Crippen LogP contribution in [0, 0.1) is 0 Å². The molecule has 1 N–H and O–H groups in total. The van der Waals surface area contributed by atoms with Crippen LogP contribution in [0.3, 0.4) is 0 Å². The predicted molar refractivity (Wildman–Crippen MR) is 72.8 cm³/mol. The molecule has 0 spiro atoms. The third-order valence-corrected chi connectivity index (χ3v) is 2.86. The number of rotatable bonds is 7. The summed E-state index contributed by atoms with van der Waals surface area (Å²) in [5.74, 6) is 0. The van der Waals surface area contributed by atoms with Gasteiger partial charge in [0.15, 0.2) is 0 Å². The summed E-state index contributed by atoms with van der Waals surface area (Å²) in [6.07, 6.45) is 5.18. The van der Waals surface area contributed by atoms with Crippen molar-refractivity contribution in [2.24, 2.45) is 9.98 Å². The van der Waals surface area contributed by atoms with Crippen molar-refractivity contribution in [2.75, 3.05) is 20.9 Å². The van der Waals surface area contributed by atoms with Gasteiger partial charge in [-0.2, -0.15) is 0 Å². The lowest BCUT2D eigenvalue weighted by Gasteiger charge is -1.95. The summed E-state index contributed by atoms with van der Waals surface area (Å²) in [5, 5.41) is 3.96. The number of ether oxygens (including phenoxy) is 1. The molecular weight excluding hydrogens is 236 g/mol. The van der Waals surface area contributed by atoms with E-state index in [4.69, 9.17) is 4.74 Å². The molecule has 5 nitrogen and oxygen atoms in total. The SMILES string of the molecule is C=N/C=C(\C=NCOC)c1ncc(CNC)s1. The average Bonchev–Trinajstić information content (AvgIpc) is 2.77. The summed E-state index contributed by atoms with van der Waals surface area (Å²) >= 11 is 1.60. The third kappa shape index (κ3) is 4.56. The minimum atomic E-state index is 0.323. The Kier molecular flexibility index (Phi) is 6.31. The number of aromatic nitrogens is 1. The summed E-state index contributed by atoms with van der Waals surface area (Å²) in [6.45, 7) is 4.57. The Balaban J connectivity index is 2.82. The van der Waals surface area contributed by atoms with E-state index in [1.807, 2.05) is 13.2 Å². The lowest BCUT2D eigenvalue weighted by atomic mass is 10.3. The normalized spacial score (nSPS) is 12.2. The van der Waals surface area contributed by atoms with E-state index in [2.05, 4.69) is 27.0 Å². The predicted octanol–water partition coefficient (Wildman–Crippen LogP) is 1.58. The Bertz CT molecular complexity index is 411. The number of hydrogen-bond donors (Lipinski definition) is 1. The molecule has 1 aromatic heterocycles. The molecule has 0 aliphatic heterocycles. The second-order valence-electron chi connectivity index (χ2n) is 3.16. The number of allylic oxidation sites excluding steroid dienone is 1. The molecule has 0 aliphatic carbocycles. The first-order valence-electron chi connectivity index (χ1n) is 5.06. The van der Waals surface area contributed by atoms with E-state index in [1.54, 1.807) is 30.9 Å². The molecule has 0 saturated carbocycles. The standard InChI is InChI=1S/C11H16N4OS/c1-12-4-9(5-14-8-16-3)11-15-7-10(17-11)6-13-2/h4-5,7,13H,1,6,8H2,2-3H3/b9-4+,14-5?. The van der Waals surface area contributed by atoms with Crippen LogP contribution in [0.15, 0.2) is 22.4 Å². The van der Waals surface area contributed by atoms with Gasteiger partial charge in [-0.3, -0.25) is 9.98 Å². The van der Waals surface area contributed by atoms with Crippen molar-refractivity contribution in [3.8, 4) is 0 Å². The molecule has 0 aromatic carbocycles. The first-order chi connectivity index (χ1) is 8.31. The lowest BCUT2D eigenvalue weighted by molar-refractivity contribution is 0.209. The highest BCUT2D eigenvalue weighted by Crippen LogP contribution is 2.20. The maximum Gasteiger partial charge on any atom is 0.137 e. The Morgan fingerprint density at radius 3 is 3.18 bits per heavy atom. The number of nitrogens with zero attached hydrogens (tertiary/aromatic N) is 3. The number of hydrogen-bond acceptors (Lipinski definition) is 6. The molecule has 92 valence electrons. The van der Waals surface area contributed by atoms with Crippen molar-refractivity contribution >= 4 is 29.8 Å². The van der Waals surface area contributed by atoms with E-state index in [-0.39, 0.29) is 0 Å². The zero-order valence-electron chi connectivity index (χ0n) is 10.0. The number of aliphatic imine (C=N–C) groups is 2. The summed E-state index contributed by atoms with van der Waals surface area (Å²) in [7, 11) is 3.50. The second kappa shape index (κ2) is 7.83. The molecular formula is C11H16N4OS. The molecule has 0 fully saturated rings. The number of nitrogens with one attached hydrogen (secondary N) is 1. The summed E-state index contributed by atoms with van der Waals surface area (Å²) in [5.41, 5.74) is 0.837. The van der Waals surface area contributed by atoms with Gasteiger partial charge in [0, 0.05) is 42.7 Å². The van der Waals surface area contributed by atoms with Crippen LogP contribution in [0.4, 0.5) is 0 Å². The van der Waals surface area contributed by atoms with Crippen LogP contribution in [-0.4, -0.2) is 38.8 Å². The first kappa shape index (κ1) is 13.7. The van der Waals surface area contributed by atoms with Crippen LogP contribution in [0.25, 0.3) is 5.57 Å². The molecule has 0 unspecified atom stereocenters. The monoisotopic (exact) mass is 252 g/mol. The molecule has 0 aliphatic rings. The van der Waals surface area contributed by atoms with Gasteiger partial charge in [-0.1, -0.05) is 0 Å². The largest absolute Gasteiger partial charge is 0.363 e. The Hall–Kier alpha value is -1.37. The maximum atomic E-state index is 4.85. The van der Waals surface area contributed by atoms with Gasteiger partial charge in [0.05, 0.1) is 0 Å². The van der Waals surface area contributed by atoms with Gasteiger partial charge in [0.25, 0.3) is 0 Å². The van der Waals surface area contributed by atoms with E-state index in [0.717, 1.165) is 22.0 Å². The highest BCUT2D eigenvalue weighted by molar-refractivity contribution is 7.13. The average molecular weight is 252 g/mol. The lowest BCUT2D eigenvalue weighted by Crippen LogP contribution is -2.02. The third-order valence-electron chi connectivity index (χ3n) is 1.82. The molecule has 0 radical (unpaired) electrons. The Morgan fingerprint density at radius 2 is 2.53 bits per heavy atom. The van der Waals surface area contributed by atoms with Gasteiger partial charge < -0.3 is 10.1 Å². The van der Waals surface area contributed by atoms with Gasteiger partial charge in [-0.05, 0) is 13.8 Å². The highest BCUT2D eigenvalue weighted by atomic mass is 32.1. The Morgan fingerprint density at radius 1 is 1.71 bits per heavy atom. The number of methoxy groups -OCH3 is 1. The molecule has 0 bridgehead atoms. The molecule has 1 aromatic rings. The van der Waals surface area contributed by atoms with Gasteiger partial charge in [-0.15, -0.1) is 11.3 Å². The zero-order valence-corrected chi connectivity index (χ0v) is 10.8. The van der Waals surface area contributed by atoms with Crippen LogP contribution < -0.4 is 5.32 Å². The van der Waals surface area contributed by atoms with Crippen molar-refractivity contribution in [3.05, 3.63) is 22.3 Å². The maximum absolute atomic E-state index is 4.85. The molecule has 0 atom stereocenters. The fourth-order valence-electron chi connectivity index (χ4n) is 1.15. The minimum Gasteiger partial charge on any atom is -0.363 e. The van der Waals surface area contributed by atoms with E-state index < -0.39 is 0 Å². The van der Waals surface area contributed by atoms with E-state index in [9.17, 15) is 0 Å². The molecule has 17 heavy (non-hydrogen) atoms. The molecule has 0 saturated heterocycles. The molecule has 1 heterocycles. The summed E-state index contributed by atoms with van der Waals surface area (Å²) < 4.78 is 4.85. The van der Waals surface area contributed by atoms with E-state index in [1.165, 1.54) is 0 Å². The quantitative estimate of drug-likeness (QED) is 0.749.